The van der Waals surface area contributed by atoms with Crippen LogP contribution in [0.4, 0.5) is 0 Å². The van der Waals surface area contributed by atoms with Gasteiger partial charge in [-0.15, -0.1) is 0 Å². The molecule has 0 spiro atoms. The molecule has 0 saturated carbocycles. The van der Waals surface area contributed by atoms with E-state index in [1.165, 1.54) is 0 Å². The Labute approximate surface area is 106 Å². The maximum absolute atomic E-state index is 11.6. The van der Waals surface area contributed by atoms with Gasteiger partial charge in [0.15, 0.2) is 11.4 Å². The lowest BCUT2D eigenvalue weighted by Gasteiger charge is -2.24. The third-order valence-electron chi connectivity index (χ3n) is 2.31. The zero-order valence-corrected chi connectivity index (χ0v) is 11.5. The van der Waals surface area contributed by atoms with Crippen LogP contribution in [-0.4, -0.2) is 21.5 Å². The van der Waals surface area contributed by atoms with Crippen LogP contribution in [0.25, 0.3) is 0 Å². The van der Waals surface area contributed by atoms with Gasteiger partial charge in [-0.05, 0) is 12.5 Å². The number of benzene rings is 1. The van der Waals surface area contributed by atoms with E-state index in [0.717, 1.165) is 5.56 Å². The molecule has 0 radical (unpaired) electrons. The lowest BCUT2D eigenvalue weighted by atomic mass is 9.92. The lowest BCUT2D eigenvalue weighted by molar-refractivity contribution is -0.132. The molecule has 0 saturated heterocycles. The third-order valence-corrected chi connectivity index (χ3v) is 3.63. The number of alkyl halides is 2. The molecule has 0 fully saturated rings. The summed E-state index contributed by atoms with van der Waals surface area (Å²) in [5.41, 5.74) is 0.286. The highest BCUT2D eigenvalue weighted by Gasteiger charge is 2.35. The summed E-state index contributed by atoms with van der Waals surface area (Å²) in [6.45, 7) is 1.96. The van der Waals surface area contributed by atoms with Crippen LogP contribution in [0.15, 0.2) is 24.3 Å². The largest absolute Gasteiger partial charge is 0.376 e. The minimum absolute atomic E-state index is 0.142. The summed E-state index contributed by atoms with van der Waals surface area (Å²) in [5.74, 6) is -0.247. The normalized spacial score (nSPS) is 14.7. The van der Waals surface area contributed by atoms with Gasteiger partial charge in [-0.3, -0.25) is 4.79 Å². The van der Waals surface area contributed by atoms with Crippen molar-refractivity contribution in [2.24, 2.45) is 0 Å². The molecule has 0 amide bonds. The Morgan fingerprint density at radius 2 is 1.87 bits per heavy atom. The Kier molecular flexibility index (Phi) is 4.49. The molecule has 0 heterocycles. The van der Waals surface area contributed by atoms with Gasteiger partial charge in [0.25, 0.3) is 0 Å². The first kappa shape index (κ1) is 12.9. The van der Waals surface area contributed by atoms with Crippen LogP contribution in [0.2, 0.25) is 0 Å². The molecule has 0 bridgehead atoms. The van der Waals surface area contributed by atoms with E-state index >= 15 is 0 Å². The molecular formula is C11H12Br2O2. The molecule has 0 aliphatic rings. The van der Waals surface area contributed by atoms with Crippen molar-refractivity contribution in [3.63, 3.8) is 0 Å². The monoisotopic (exact) mass is 334 g/mol. The molecule has 1 atom stereocenters. The second-order valence-electron chi connectivity index (χ2n) is 3.42. The van der Waals surface area contributed by atoms with Gasteiger partial charge in [-0.25, -0.2) is 0 Å². The average molecular weight is 336 g/mol. The fourth-order valence-electron chi connectivity index (χ4n) is 1.25. The van der Waals surface area contributed by atoms with E-state index in [1.807, 2.05) is 19.1 Å². The van der Waals surface area contributed by atoms with Gasteiger partial charge in [0, 0.05) is 5.33 Å². The van der Waals surface area contributed by atoms with Gasteiger partial charge in [-0.2, -0.15) is 0 Å². The van der Waals surface area contributed by atoms with E-state index in [-0.39, 0.29) is 16.4 Å². The van der Waals surface area contributed by atoms with Gasteiger partial charge in [0.05, 0.1) is 5.33 Å². The molecule has 1 rings (SSSR count). The molecule has 82 valence electrons. The summed E-state index contributed by atoms with van der Waals surface area (Å²) in [6.07, 6.45) is 0. The second kappa shape index (κ2) is 5.23. The SMILES string of the molecule is Cc1ccc([C@@](O)(CBr)C(=O)CBr)cc1. The first-order valence-corrected chi connectivity index (χ1v) is 6.73. The van der Waals surface area contributed by atoms with E-state index in [4.69, 9.17) is 0 Å². The van der Waals surface area contributed by atoms with Crippen LogP contribution in [0.1, 0.15) is 11.1 Å². The fraction of sp³-hybridized carbons (Fsp3) is 0.364. The van der Waals surface area contributed by atoms with Crippen molar-refractivity contribution in [3.8, 4) is 0 Å². The predicted molar refractivity (Wildman–Crippen MR) is 67.7 cm³/mol. The molecule has 2 nitrogen and oxygen atoms in total. The molecule has 0 aromatic heterocycles. The Hall–Kier alpha value is -0.190. The van der Waals surface area contributed by atoms with Crippen molar-refractivity contribution in [2.45, 2.75) is 12.5 Å². The van der Waals surface area contributed by atoms with E-state index < -0.39 is 5.60 Å². The van der Waals surface area contributed by atoms with E-state index in [9.17, 15) is 9.90 Å². The summed E-state index contributed by atoms with van der Waals surface area (Å²) in [6, 6.07) is 7.31. The second-order valence-corrected chi connectivity index (χ2v) is 4.54. The first-order chi connectivity index (χ1) is 7.04. The number of ketones is 1. The van der Waals surface area contributed by atoms with Gasteiger partial charge in [-0.1, -0.05) is 61.7 Å². The number of halogens is 2. The quantitative estimate of drug-likeness (QED) is 0.858. The molecule has 0 aliphatic carbocycles. The molecule has 15 heavy (non-hydrogen) atoms. The van der Waals surface area contributed by atoms with Crippen LogP contribution < -0.4 is 0 Å². The summed E-state index contributed by atoms with van der Waals surface area (Å²) >= 11 is 6.25. The number of hydrogen-bond acceptors (Lipinski definition) is 2. The minimum atomic E-state index is -1.43. The number of carbonyl (C=O) groups is 1. The van der Waals surface area contributed by atoms with Crippen LogP contribution in [-0.2, 0) is 10.4 Å². The Bertz CT molecular complexity index is 348. The third kappa shape index (κ3) is 2.68. The van der Waals surface area contributed by atoms with Crippen LogP contribution in [0, 0.1) is 6.92 Å². The van der Waals surface area contributed by atoms with Crippen LogP contribution in [0.3, 0.4) is 0 Å². The van der Waals surface area contributed by atoms with E-state index in [2.05, 4.69) is 31.9 Å². The lowest BCUT2D eigenvalue weighted by Crippen LogP contribution is -2.38. The maximum atomic E-state index is 11.6. The zero-order chi connectivity index (χ0) is 11.5. The molecule has 0 unspecified atom stereocenters. The smallest absolute Gasteiger partial charge is 0.180 e. The maximum Gasteiger partial charge on any atom is 0.180 e. The van der Waals surface area contributed by atoms with Gasteiger partial charge >= 0.3 is 0 Å². The van der Waals surface area contributed by atoms with E-state index in [0.29, 0.717) is 5.56 Å². The zero-order valence-electron chi connectivity index (χ0n) is 8.34. The number of rotatable bonds is 4. The fourth-order valence-corrected chi connectivity index (χ4v) is 2.35. The average Bonchev–Trinajstić information content (AvgIpc) is 2.27. The van der Waals surface area contributed by atoms with Crippen molar-refractivity contribution < 1.29 is 9.90 Å². The summed E-state index contributed by atoms with van der Waals surface area (Å²) in [5, 5.41) is 10.6. The number of Topliss-reactive ketones (excluding diaryl/α,β-unsaturated/α-hetero) is 1. The highest BCUT2D eigenvalue weighted by atomic mass is 79.9. The Morgan fingerprint density at radius 3 is 2.27 bits per heavy atom. The number of carbonyl (C=O) groups excluding carboxylic acids is 1. The van der Waals surface area contributed by atoms with Crippen molar-refractivity contribution in [2.75, 3.05) is 10.7 Å². The van der Waals surface area contributed by atoms with Gasteiger partial charge in [0.2, 0.25) is 0 Å². The standard InChI is InChI=1S/C11H12Br2O2/c1-8-2-4-9(5-3-8)11(15,7-13)10(14)6-12/h2-5,15H,6-7H2,1H3/t11-/m0/s1. The van der Waals surface area contributed by atoms with Gasteiger partial charge < -0.3 is 5.11 Å². The van der Waals surface area contributed by atoms with Crippen molar-refractivity contribution in [1.82, 2.24) is 0 Å². The molecule has 1 N–H and O–H groups in total. The van der Waals surface area contributed by atoms with Crippen LogP contribution >= 0.6 is 31.9 Å². The topological polar surface area (TPSA) is 37.3 Å². The highest BCUT2D eigenvalue weighted by molar-refractivity contribution is 9.09. The Morgan fingerprint density at radius 1 is 1.33 bits per heavy atom. The Balaban J connectivity index is 3.11. The minimum Gasteiger partial charge on any atom is -0.376 e. The van der Waals surface area contributed by atoms with Crippen molar-refractivity contribution >= 4 is 37.6 Å². The number of aryl methyl sites for hydroxylation is 1. The summed E-state index contributed by atoms with van der Waals surface area (Å²) in [4.78, 5) is 11.6. The summed E-state index contributed by atoms with van der Waals surface area (Å²) < 4.78 is 0. The first-order valence-electron chi connectivity index (χ1n) is 4.49. The van der Waals surface area contributed by atoms with Crippen molar-refractivity contribution in [1.29, 1.82) is 0 Å². The molecular weight excluding hydrogens is 324 g/mol. The summed E-state index contributed by atoms with van der Waals surface area (Å²) in [7, 11) is 0. The van der Waals surface area contributed by atoms with E-state index in [1.54, 1.807) is 12.1 Å². The number of hydrogen-bond donors (Lipinski definition) is 1. The van der Waals surface area contributed by atoms with Crippen LogP contribution in [0.5, 0.6) is 0 Å². The number of aliphatic hydroxyl groups is 1. The van der Waals surface area contributed by atoms with Crippen molar-refractivity contribution in [3.05, 3.63) is 35.4 Å². The molecule has 0 aliphatic heterocycles. The van der Waals surface area contributed by atoms with Gasteiger partial charge in [0.1, 0.15) is 0 Å². The highest BCUT2D eigenvalue weighted by Crippen LogP contribution is 2.25. The predicted octanol–water partition coefficient (Wildman–Crippen LogP) is 2.54. The molecule has 4 heteroatoms. The molecule has 1 aromatic rings. The molecule has 1 aromatic carbocycles.